The fourth-order valence-electron chi connectivity index (χ4n) is 3.98. The minimum Gasteiger partial charge on any atom is -0.493 e. The van der Waals surface area contributed by atoms with Gasteiger partial charge in [-0.15, -0.1) is 17.9 Å². The number of carbonyl (C=O) groups excluding carboxylic acids is 1. The normalized spacial score (nSPS) is 15.4. The smallest absolute Gasteiger partial charge is 0.283 e. The number of ether oxygens (including phenoxy) is 4. The average Bonchev–Trinajstić information content (AvgIpc) is 3.65. The van der Waals surface area contributed by atoms with Crippen molar-refractivity contribution >= 4 is 51.1 Å². The highest BCUT2D eigenvalue weighted by atomic mass is 32.2. The van der Waals surface area contributed by atoms with Crippen molar-refractivity contribution in [3.05, 3.63) is 88.1 Å². The fraction of sp³-hybridized carbons (Fsp3) is 0.172. The lowest BCUT2D eigenvalue weighted by Gasteiger charge is -2.20. The summed E-state index contributed by atoms with van der Waals surface area (Å²) in [6.07, 6.45) is 4.19. The molecule has 9 nitrogen and oxygen atoms in total. The molecule has 0 saturated carbocycles. The monoisotopic (exact) mass is 574 g/mol. The number of fused-ring (bicyclic) bond motifs is 1. The minimum absolute atomic E-state index is 0.0292. The van der Waals surface area contributed by atoms with Crippen LogP contribution in [0.4, 0.5) is 0 Å². The van der Waals surface area contributed by atoms with E-state index < -0.39 is 5.91 Å². The summed E-state index contributed by atoms with van der Waals surface area (Å²) in [5, 5.41) is 17.5. The van der Waals surface area contributed by atoms with Crippen LogP contribution in [0.5, 0.6) is 23.0 Å². The van der Waals surface area contributed by atoms with Gasteiger partial charge < -0.3 is 18.9 Å². The van der Waals surface area contributed by atoms with E-state index in [0.717, 1.165) is 16.9 Å². The van der Waals surface area contributed by atoms with Crippen LogP contribution in [0.15, 0.2) is 82.2 Å². The number of hydrogen-bond donors (Lipinski definition) is 1. The maximum atomic E-state index is 12.8. The van der Waals surface area contributed by atoms with Gasteiger partial charge in [-0.3, -0.25) is 10.2 Å². The summed E-state index contributed by atoms with van der Waals surface area (Å²) in [7, 11) is 3.14. The highest BCUT2D eigenvalue weighted by Gasteiger charge is 2.36. The van der Waals surface area contributed by atoms with Gasteiger partial charge in [-0.05, 0) is 71.1 Å². The molecule has 0 fully saturated rings. The molecule has 2 aromatic carbocycles. The Bertz CT molecular complexity index is 1550. The number of methoxy groups -OCH3 is 2. The molecule has 0 unspecified atom stereocenters. The van der Waals surface area contributed by atoms with Gasteiger partial charge >= 0.3 is 0 Å². The summed E-state index contributed by atoms with van der Waals surface area (Å²) < 4.78 is 22.7. The second-order valence-corrected chi connectivity index (χ2v) is 10.4. The summed E-state index contributed by atoms with van der Waals surface area (Å²) in [6, 6.07) is 14.9. The van der Waals surface area contributed by atoms with Crippen LogP contribution in [0.25, 0.3) is 6.08 Å². The highest BCUT2D eigenvalue weighted by molar-refractivity contribution is 8.27. The van der Waals surface area contributed by atoms with Crippen LogP contribution in [0.3, 0.4) is 0 Å². The topological polar surface area (TPSA) is 106 Å². The maximum Gasteiger partial charge on any atom is 0.283 e. The number of hydrogen-bond acceptors (Lipinski definition) is 9. The van der Waals surface area contributed by atoms with E-state index in [1.54, 1.807) is 42.7 Å². The van der Waals surface area contributed by atoms with Crippen molar-refractivity contribution in [2.75, 3.05) is 27.4 Å². The molecule has 0 spiro atoms. The number of nitrogens with zero attached hydrogens (tertiary/aromatic N) is 3. The van der Waals surface area contributed by atoms with E-state index >= 15 is 0 Å². The van der Waals surface area contributed by atoms with Crippen molar-refractivity contribution in [2.45, 2.75) is 6.42 Å². The van der Waals surface area contributed by atoms with E-state index in [-0.39, 0.29) is 18.0 Å². The second kappa shape index (κ2) is 12.2. The van der Waals surface area contributed by atoms with Gasteiger partial charge in [0.1, 0.15) is 18.3 Å². The minimum atomic E-state index is -0.490. The van der Waals surface area contributed by atoms with Crippen LogP contribution in [0.2, 0.25) is 0 Å². The van der Waals surface area contributed by atoms with Gasteiger partial charge in [-0.2, -0.15) is 15.1 Å². The molecule has 2 aliphatic heterocycles. The van der Waals surface area contributed by atoms with Crippen molar-refractivity contribution in [3.8, 4) is 23.0 Å². The number of amidine groups is 2. The van der Waals surface area contributed by atoms with Gasteiger partial charge in [-0.1, -0.05) is 24.3 Å². The molecule has 0 bridgehead atoms. The molecule has 0 saturated heterocycles. The van der Waals surface area contributed by atoms with E-state index in [1.165, 1.54) is 23.9 Å². The second-order valence-electron chi connectivity index (χ2n) is 8.49. The molecule has 0 radical (unpaired) electrons. The summed E-state index contributed by atoms with van der Waals surface area (Å²) >= 11 is 2.82. The maximum absolute atomic E-state index is 12.8. The molecular weight excluding hydrogens is 548 g/mol. The number of nitrogens with one attached hydrogen (secondary N) is 1. The molecule has 3 aromatic rings. The third-order valence-electron chi connectivity index (χ3n) is 5.89. The Kier molecular flexibility index (Phi) is 8.32. The zero-order valence-electron chi connectivity index (χ0n) is 21.9. The fourth-order valence-corrected chi connectivity index (χ4v) is 5.66. The van der Waals surface area contributed by atoms with Gasteiger partial charge in [0, 0.05) is 0 Å². The van der Waals surface area contributed by atoms with Gasteiger partial charge in [-0.25, -0.2) is 0 Å². The zero-order valence-corrected chi connectivity index (χ0v) is 23.5. The predicted molar refractivity (Wildman–Crippen MR) is 159 cm³/mol. The molecule has 204 valence electrons. The van der Waals surface area contributed by atoms with Crippen molar-refractivity contribution in [1.29, 1.82) is 5.41 Å². The van der Waals surface area contributed by atoms with E-state index in [2.05, 4.69) is 16.7 Å². The van der Waals surface area contributed by atoms with Crippen molar-refractivity contribution in [2.24, 2.45) is 10.1 Å². The first-order valence-electron chi connectivity index (χ1n) is 12.3. The Morgan fingerprint density at radius 3 is 2.40 bits per heavy atom. The molecule has 1 aromatic heterocycles. The summed E-state index contributed by atoms with van der Waals surface area (Å²) in [5.74, 6) is 1.76. The lowest BCUT2D eigenvalue weighted by atomic mass is 10.1. The molecule has 40 heavy (non-hydrogen) atoms. The van der Waals surface area contributed by atoms with Gasteiger partial charge in [0.15, 0.2) is 28.8 Å². The molecular formula is C29H26N4O5S2. The molecule has 3 heterocycles. The van der Waals surface area contributed by atoms with Crippen LogP contribution in [-0.2, 0) is 11.2 Å². The zero-order chi connectivity index (χ0) is 28.1. The molecule has 1 N–H and O–H groups in total. The Labute approximate surface area is 239 Å². The number of allylic oxidation sites excluding steroid dienone is 1. The standard InChI is InChI=1S/C29H26N4O5S2/c1-4-6-18-8-10-21(23(16-18)35-2)37-12-13-38-22-11-9-19(17-24(22)36-3)15-20-26(30)33-29(31-27(20)34)40-28(32-33)25-7-5-14-39-25/h4-5,7-11,14-17,30H,1,6,12-13H2,2-3H3. The van der Waals surface area contributed by atoms with Crippen LogP contribution in [-0.4, -0.2) is 54.4 Å². The van der Waals surface area contributed by atoms with Gasteiger partial charge in [0.05, 0.1) is 24.7 Å². The van der Waals surface area contributed by atoms with E-state index in [1.807, 2.05) is 41.8 Å². The predicted octanol–water partition coefficient (Wildman–Crippen LogP) is 5.62. The average molecular weight is 575 g/mol. The van der Waals surface area contributed by atoms with Gasteiger partial charge in [0.25, 0.3) is 5.91 Å². The van der Waals surface area contributed by atoms with Crippen LogP contribution in [0.1, 0.15) is 16.0 Å². The summed E-state index contributed by atoms with van der Waals surface area (Å²) in [5.41, 5.74) is 1.88. The van der Waals surface area contributed by atoms with E-state index in [4.69, 9.17) is 24.4 Å². The molecule has 0 atom stereocenters. The Morgan fingerprint density at radius 2 is 1.73 bits per heavy atom. The lowest BCUT2D eigenvalue weighted by Crippen LogP contribution is -2.35. The molecule has 11 heteroatoms. The summed E-state index contributed by atoms with van der Waals surface area (Å²) in [4.78, 5) is 17.9. The number of hydrazone groups is 1. The summed E-state index contributed by atoms with van der Waals surface area (Å²) in [6.45, 7) is 4.32. The lowest BCUT2D eigenvalue weighted by molar-refractivity contribution is -0.114. The van der Waals surface area contributed by atoms with E-state index in [9.17, 15) is 4.79 Å². The molecule has 0 aliphatic carbocycles. The SMILES string of the molecule is C=CCc1ccc(OCCOc2ccc(C=C3C(=N)N4N=C(c5cccs5)SC4=NC3=O)cc2OC)c(OC)c1. The van der Waals surface area contributed by atoms with E-state index in [0.29, 0.717) is 45.4 Å². The number of aliphatic imine (C=N–C) groups is 1. The van der Waals surface area contributed by atoms with Crippen LogP contribution >= 0.6 is 23.1 Å². The molecule has 2 aliphatic rings. The Morgan fingerprint density at radius 1 is 1.00 bits per heavy atom. The van der Waals surface area contributed by atoms with Crippen LogP contribution < -0.4 is 18.9 Å². The first-order valence-corrected chi connectivity index (χ1v) is 14.0. The third kappa shape index (κ3) is 5.80. The highest BCUT2D eigenvalue weighted by Crippen LogP contribution is 2.34. The van der Waals surface area contributed by atoms with Crippen molar-refractivity contribution in [1.82, 2.24) is 5.01 Å². The number of thioether (sulfide) groups is 1. The third-order valence-corrected chi connectivity index (χ3v) is 7.84. The molecule has 1 amide bonds. The Hall–Kier alpha value is -4.35. The van der Waals surface area contributed by atoms with Gasteiger partial charge in [0.2, 0.25) is 5.17 Å². The van der Waals surface area contributed by atoms with Crippen molar-refractivity contribution < 1.29 is 23.7 Å². The first-order chi connectivity index (χ1) is 19.5. The molecule has 5 rings (SSSR count). The number of carbonyl (C=O) groups is 1. The van der Waals surface area contributed by atoms with Crippen LogP contribution in [0, 0.1) is 5.41 Å². The number of rotatable bonds is 11. The first kappa shape index (κ1) is 27.2. The number of benzene rings is 2. The number of amides is 1. The largest absolute Gasteiger partial charge is 0.493 e. The van der Waals surface area contributed by atoms with Crippen molar-refractivity contribution in [3.63, 3.8) is 0 Å². The Balaban J connectivity index is 1.25. The quantitative estimate of drug-likeness (QED) is 0.180. The number of thiophene rings is 1.